The van der Waals surface area contributed by atoms with E-state index in [-0.39, 0.29) is 6.61 Å². The van der Waals surface area contributed by atoms with Crippen molar-refractivity contribution < 1.29 is 10.2 Å². The highest BCUT2D eigenvalue weighted by Gasteiger charge is 2.12. The van der Waals surface area contributed by atoms with Crippen molar-refractivity contribution in [1.82, 2.24) is 0 Å². The monoisotopic (exact) mass is 130 g/mol. The van der Waals surface area contributed by atoms with Gasteiger partial charge in [-0.25, -0.2) is 0 Å². The van der Waals surface area contributed by atoms with Crippen LogP contribution in [0, 0.1) is 0 Å². The zero-order valence-corrected chi connectivity index (χ0v) is 5.96. The quantitative estimate of drug-likeness (QED) is 0.552. The van der Waals surface area contributed by atoms with E-state index in [1.807, 2.05) is 13.0 Å². The van der Waals surface area contributed by atoms with Gasteiger partial charge in [0.05, 0.1) is 6.61 Å². The molecular weight excluding hydrogens is 116 g/mol. The first-order valence-electron chi connectivity index (χ1n) is 3.13. The molecule has 1 atom stereocenters. The number of aliphatic hydroxyl groups is 2. The van der Waals surface area contributed by atoms with Crippen molar-refractivity contribution in [3.63, 3.8) is 0 Å². The SMILES string of the molecule is CC/C=C\C(C)(O)CO. The number of hydrogen-bond acceptors (Lipinski definition) is 2. The van der Waals surface area contributed by atoms with Gasteiger partial charge in [0.2, 0.25) is 0 Å². The Morgan fingerprint density at radius 1 is 1.56 bits per heavy atom. The lowest BCUT2D eigenvalue weighted by atomic mass is 10.1. The highest BCUT2D eigenvalue weighted by atomic mass is 16.3. The fraction of sp³-hybridized carbons (Fsp3) is 0.714. The van der Waals surface area contributed by atoms with E-state index in [9.17, 15) is 0 Å². The zero-order valence-electron chi connectivity index (χ0n) is 5.96. The number of hydrogen-bond donors (Lipinski definition) is 2. The van der Waals surface area contributed by atoms with Crippen molar-refractivity contribution in [3.05, 3.63) is 12.2 Å². The largest absolute Gasteiger partial charge is 0.393 e. The molecule has 0 saturated heterocycles. The van der Waals surface area contributed by atoms with Crippen molar-refractivity contribution in [2.24, 2.45) is 0 Å². The lowest BCUT2D eigenvalue weighted by molar-refractivity contribution is 0.0433. The molecule has 0 radical (unpaired) electrons. The van der Waals surface area contributed by atoms with Crippen LogP contribution in [0.25, 0.3) is 0 Å². The van der Waals surface area contributed by atoms with Gasteiger partial charge in [-0.15, -0.1) is 0 Å². The molecule has 0 heterocycles. The molecule has 2 N–H and O–H groups in total. The van der Waals surface area contributed by atoms with E-state index in [0.29, 0.717) is 0 Å². The molecule has 0 bridgehead atoms. The topological polar surface area (TPSA) is 40.5 Å². The highest BCUT2D eigenvalue weighted by Crippen LogP contribution is 2.03. The van der Waals surface area contributed by atoms with Crippen molar-refractivity contribution >= 4 is 0 Å². The van der Waals surface area contributed by atoms with E-state index in [4.69, 9.17) is 10.2 Å². The first-order chi connectivity index (χ1) is 4.12. The summed E-state index contributed by atoms with van der Waals surface area (Å²) >= 11 is 0. The average molecular weight is 130 g/mol. The Labute approximate surface area is 55.8 Å². The van der Waals surface area contributed by atoms with Gasteiger partial charge in [0.1, 0.15) is 5.60 Å². The third kappa shape index (κ3) is 4.18. The van der Waals surface area contributed by atoms with Crippen LogP contribution in [0.1, 0.15) is 20.3 Å². The molecule has 0 saturated carbocycles. The Kier molecular flexibility index (Phi) is 3.50. The second kappa shape index (κ2) is 3.64. The van der Waals surface area contributed by atoms with E-state index in [1.54, 1.807) is 13.0 Å². The lowest BCUT2D eigenvalue weighted by Crippen LogP contribution is -2.25. The number of aliphatic hydroxyl groups excluding tert-OH is 1. The van der Waals surface area contributed by atoms with E-state index in [1.165, 1.54) is 0 Å². The van der Waals surface area contributed by atoms with Crippen LogP contribution in [-0.4, -0.2) is 22.4 Å². The predicted molar refractivity (Wildman–Crippen MR) is 37.1 cm³/mol. The van der Waals surface area contributed by atoms with Gasteiger partial charge >= 0.3 is 0 Å². The van der Waals surface area contributed by atoms with Crippen molar-refractivity contribution in [1.29, 1.82) is 0 Å². The molecule has 2 nitrogen and oxygen atoms in total. The van der Waals surface area contributed by atoms with Crippen LogP contribution < -0.4 is 0 Å². The van der Waals surface area contributed by atoms with Crippen LogP contribution >= 0.6 is 0 Å². The van der Waals surface area contributed by atoms with Crippen LogP contribution in [0.3, 0.4) is 0 Å². The second-order valence-corrected chi connectivity index (χ2v) is 2.33. The molecule has 9 heavy (non-hydrogen) atoms. The van der Waals surface area contributed by atoms with Crippen LogP contribution in [-0.2, 0) is 0 Å². The molecular formula is C7H14O2. The Bertz CT molecular complexity index is 95.1. The minimum atomic E-state index is -1.03. The highest BCUT2D eigenvalue weighted by molar-refractivity contribution is 4.97. The van der Waals surface area contributed by atoms with Gasteiger partial charge in [-0.2, -0.15) is 0 Å². The molecule has 0 amide bonds. The van der Waals surface area contributed by atoms with Crippen molar-refractivity contribution in [3.8, 4) is 0 Å². The standard InChI is InChI=1S/C7H14O2/c1-3-4-5-7(2,9)6-8/h4-5,8-9H,3,6H2,1-2H3/b5-4-. The molecule has 0 fully saturated rings. The predicted octanol–water partition coefficient (Wildman–Crippen LogP) is 0.696. The third-order valence-electron chi connectivity index (χ3n) is 1.03. The van der Waals surface area contributed by atoms with E-state index >= 15 is 0 Å². The maximum absolute atomic E-state index is 9.12. The summed E-state index contributed by atoms with van der Waals surface area (Å²) in [7, 11) is 0. The summed E-state index contributed by atoms with van der Waals surface area (Å²) in [4.78, 5) is 0. The fourth-order valence-electron chi connectivity index (χ4n) is 0.424. The molecule has 0 aromatic rings. The maximum atomic E-state index is 9.12. The summed E-state index contributed by atoms with van der Waals surface area (Å²) in [5, 5.41) is 17.6. The van der Waals surface area contributed by atoms with Crippen LogP contribution in [0.4, 0.5) is 0 Å². The minimum Gasteiger partial charge on any atom is -0.393 e. The molecule has 2 heteroatoms. The molecule has 0 aliphatic heterocycles. The van der Waals surface area contributed by atoms with E-state index in [0.717, 1.165) is 6.42 Å². The normalized spacial score (nSPS) is 18.2. The summed E-state index contributed by atoms with van der Waals surface area (Å²) < 4.78 is 0. The van der Waals surface area contributed by atoms with Crippen molar-refractivity contribution in [2.45, 2.75) is 25.9 Å². The van der Waals surface area contributed by atoms with Crippen molar-refractivity contribution in [2.75, 3.05) is 6.61 Å². The Morgan fingerprint density at radius 3 is 2.44 bits per heavy atom. The number of allylic oxidation sites excluding steroid dienone is 1. The summed E-state index contributed by atoms with van der Waals surface area (Å²) in [6, 6.07) is 0. The minimum absolute atomic E-state index is 0.219. The Hall–Kier alpha value is -0.340. The van der Waals surface area contributed by atoms with Gasteiger partial charge in [-0.3, -0.25) is 0 Å². The van der Waals surface area contributed by atoms with Crippen LogP contribution in [0.2, 0.25) is 0 Å². The lowest BCUT2D eigenvalue weighted by Gasteiger charge is -2.13. The molecule has 0 aliphatic rings. The zero-order chi connectivity index (χ0) is 7.33. The van der Waals surface area contributed by atoms with Gasteiger partial charge in [0, 0.05) is 0 Å². The fourth-order valence-corrected chi connectivity index (χ4v) is 0.424. The maximum Gasteiger partial charge on any atom is 0.103 e. The second-order valence-electron chi connectivity index (χ2n) is 2.33. The molecule has 0 rings (SSSR count). The Morgan fingerprint density at radius 2 is 2.11 bits per heavy atom. The summed E-state index contributed by atoms with van der Waals surface area (Å²) in [6.07, 6.45) is 4.32. The van der Waals surface area contributed by atoms with Gasteiger partial charge in [0.25, 0.3) is 0 Å². The molecule has 1 unspecified atom stereocenters. The van der Waals surface area contributed by atoms with Gasteiger partial charge in [0.15, 0.2) is 0 Å². The molecule has 0 aromatic carbocycles. The molecule has 0 aromatic heterocycles. The van der Waals surface area contributed by atoms with Crippen LogP contribution in [0.5, 0.6) is 0 Å². The summed E-state index contributed by atoms with van der Waals surface area (Å²) in [5.74, 6) is 0. The van der Waals surface area contributed by atoms with E-state index in [2.05, 4.69) is 0 Å². The Balaban J connectivity index is 3.70. The molecule has 0 spiro atoms. The first-order valence-corrected chi connectivity index (χ1v) is 3.13. The smallest absolute Gasteiger partial charge is 0.103 e. The average Bonchev–Trinajstić information content (AvgIpc) is 1.84. The summed E-state index contributed by atoms with van der Waals surface area (Å²) in [6.45, 7) is 3.33. The number of rotatable bonds is 3. The summed E-state index contributed by atoms with van der Waals surface area (Å²) in [5.41, 5.74) is -1.03. The van der Waals surface area contributed by atoms with Gasteiger partial charge < -0.3 is 10.2 Å². The first kappa shape index (κ1) is 8.66. The van der Waals surface area contributed by atoms with Gasteiger partial charge in [-0.1, -0.05) is 19.1 Å². The van der Waals surface area contributed by atoms with Gasteiger partial charge in [-0.05, 0) is 13.3 Å². The van der Waals surface area contributed by atoms with Crippen LogP contribution in [0.15, 0.2) is 12.2 Å². The molecule has 0 aliphatic carbocycles. The molecule has 54 valence electrons. The van der Waals surface area contributed by atoms with E-state index < -0.39 is 5.60 Å². The third-order valence-corrected chi connectivity index (χ3v) is 1.03.